The van der Waals surface area contributed by atoms with Crippen LogP contribution in [0.3, 0.4) is 0 Å². The molecule has 34 heavy (non-hydrogen) atoms. The number of nitro groups is 1. The number of carbonyl (C=O) groups is 3. The van der Waals surface area contributed by atoms with E-state index in [1.165, 1.54) is 23.1 Å². The number of halogens is 1. The SMILES string of the molecule is Cc1ccc(Cl)cc1NC(=O)c1cc([N+](=O)[O-])ccc1NCCN1C(=O)[C@@H]2CC=CC[C@H]2C1=O. The van der Waals surface area contributed by atoms with Crippen LogP contribution in [0.2, 0.25) is 5.02 Å². The smallest absolute Gasteiger partial charge is 0.270 e. The highest BCUT2D eigenvalue weighted by Crippen LogP contribution is 2.35. The number of rotatable bonds is 7. The van der Waals surface area contributed by atoms with Gasteiger partial charge in [0.1, 0.15) is 0 Å². The summed E-state index contributed by atoms with van der Waals surface area (Å²) in [6, 6.07) is 8.95. The lowest BCUT2D eigenvalue weighted by molar-refractivity contribution is -0.384. The van der Waals surface area contributed by atoms with Crippen molar-refractivity contribution in [2.45, 2.75) is 19.8 Å². The molecule has 0 spiro atoms. The molecule has 1 aliphatic carbocycles. The second-order valence-electron chi connectivity index (χ2n) is 8.31. The first-order valence-electron chi connectivity index (χ1n) is 10.9. The highest BCUT2D eigenvalue weighted by atomic mass is 35.5. The molecule has 1 aliphatic heterocycles. The summed E-state index contributed by atoms with van der Waals surface area (Å²) in [6.07, 6.45) is 4.98. The molecule has 1 saturated heterocycles. The highest BCUT2D eigenvalue weighted by Gasteiger charge is 2.46. The van der Waals surface area contributed by atoms with E-state index in [9.17, 15) is 24.5 Å². The van der Waals surface area contributed by atoms with Gasteiger partial charge in [0, 0.05) is 41.6 Å². The van der Waals surface area contributed by atoms with Crippen LogP contribution in [0.15, 0.2) is 48.6 Å². The van der Waals surface area contributed by atoms with Crippen LogP contribution in [-0.2, 0) is 9.59 Å². The standard InChI is InChI=1S/C24H23ClN4O5/c1-14-6-7-15(25)12-21(14)27-22(30)19-13-16(29(33)34)8-9-20(19)26-10-11-28-23(31)17-4-2-3-5-18(17)24(28)32/h2-3,6-9,12-13,17-18,26H,4-5,10-11H2,1H3,(H,27,30)/t17-,18-/m1/s1. The van der Waals surface area contributed by atoms with Gasteiger partial charge in [0.2, 0.25) is 11.8 Å². The van der Waals surface area contributed by atoms with Crippen LogP contribution in [0.5, 0.6) is 0 Å². The van der Waals surface area contributed by atoms with E-state index in [2.05, 4.69) is 10.6 Å². The summed E-state index contributed by atoms with van der Waals surface area (Å²) in [5, 5.41) is 17.5. The van der Waals surface area contributed by atoms with Crippen molar-refractivity contribution in [2.75, 3.05) is 23.7 Å². The van der Waals surface area contributed by atoms with Crippen LogP contribution in [-0.4, -0.2) is 40.6 Å². The van der Waals surface area contributed by atoms with Crippen LogP contribution in [0, 0.1) is 28.9 Å². The molecule has 0 unspecified atom stereocenters. The van der Waals surface area contributed by atoms with Gasteiger partial charge in [-0.3, -0.25) is 29.4 Å². The number of nitro benzene ring substituents is 1. The molecule has 3 amide bonds. The Morgan fingerprint density at radius 2 is 1.76 bits per heavy atom. The van der Waals surface area contributed by atoms with Gasteiger partial charge in [0.05, 0.1) is 22.3 Å². The Hall–Kier alpha value is -3.72. The van der Waals surface area contributed by atoms with Gasteiger partial charge in [-0.25, -0.2) is 0 Å². The van der Waals surface area contributed by atoms with Gasteiger partial charge in [-0.1, -0.05) is 29.8 Å². The van der Waals surface area contributed by atoms with E-state index in [1.807, 2.05) is 12.2 Å². The monoisotopic (exact) mass is 482 g/mol. The summed E-state index contributed by atoms with van der Waals surface area (Å²) in [5.41, 5.74) is 1.44. The number of fused-ring (bicyclic) bond motifs is 1. The fourth-order valence-corrected chi connectivity index (χ4v) is 4.47. The van der Waals surface area contributed by atoms with E-state index in [0.717, 1.165) is 5.56 Å². The number of non-ortho nitro benzene ring substituents is 1. The fourth-order valence-electron chi connectivity index (χ4n) is 4.30. The van der Waals surface area contributed by atoms with Crippen molar-refractivity contribution in [2.24, 2.45) is 11.8 Å². The van der Waals surface area contributed by atoms with Gasteiger partial charge < -0.3 is 10.6 Å². The molecule has 0 radical (unpaired) electrons. The fraction of sp³-hybridized carbons (Fsp3) is 0.292. The minimum absolute atomic E-state index is 0.0607. The summed E-state index contributed by atoms with van der Waals surface area (Å²) < 4.78 is 0. The second kappa shape index (κ2) is 9.64. The molecule has 4 rings (SSSR count). The first-order valence-corrected chi connectivity index (χ1v) is 11.2. The largest absolute Gasteiger partial charge is 0.383 e. The summed E-state index contributed by atoms with van der Waals surface area (Å²) in [5.74, 6) is -1.53. The third-order valence-electron chi connectivity index (χ3n) is 6.16. The Balaban J connectivity index is 1.50. The number of nitrogens with one attached hydrogen (secondary N) is 2. The third kappa shape index (κ3) is 4.65. The van der Waals surface area contributed by atoms with Gasteiger partial charge >= 0.3 is 0 Å². The number of benzene rings is 2. The quantitative estimate of drug-likeness (QED) is 0.264. The molecule has 2 atom stereocenters. The molecule has 9 nitrogen and oxygen atoms in total. The molecule has 1 fully saturated rings. The number of anilines is 2. The number of hydrogen-bond acceptors (Lipinski definition) is 6. The molecule has 0 bridgehead atoms. The lowest BCUT2D eigenvalue weighted by Gasteiger charge is -2.17. The van der Waals surface area contributed by atoms with Gasteiger partial charge in [0.15, 0.2) is 0 Å². The van der Waals surface area contributed by atoms with E-state index in [1.54, 1.807) is 25.1 Å². The molecule has 2 aliphatic rings. The van der Waals surface area contributed by atoms with Crippen molar-refractivity contribution < 1.29 is 19.3 Å². The maximum Gasteiger partial charge on any atom is 0.270 e. The maximum atomic E-state index is 13.0. The van der Waals surface area contributed by atoms with E-state index < -0.39 is 10.8 Å². The molecule has 2 aromatic rings. The number of carbonyl (C=O) groups excluding carboxylic acids is 3. The van der Waals surface area contributed by atoms with Gasteiger partial charge in [-0.15, -0.1) is 0 Å². The minimum Gasteiger partial charge on any atom is -0.383 e. The summed E-state index contributed by atoms with van der Waals surface area (Å²) >= 11 is 6.03. The molecular formula is C24H23ClN4O5. The van der Waals surface area contributed by atoms with Crippen LogP contribution in [0.25, 0.3) is 0 Å². The van der Waals surface area contributed by atoms with Crippen LogP contribution in [0.1, 0.15) is 28.8 Å². The Morgan fingerprint density at radius 1 is 1.09 bits per heavy atom. The van der Waals surface area contributed by atoms with Crippen LogP contribution < -0.4 is 10.6 Å². The van der Waals surface area contributed by atoms with Crippen molar-refractivity contribution in [3.05, 3.63) is 74.8 Å². The first kappa shape index (κ1) is 23.4. The number of hydrogen-bond donors (Lipinski definition) is 2. The zero-order valence-electron chi connectivity index (χ0n) is 18.4. The van der Waals surface area contributed by atoms with Crippen molar-refractivity contribution in [3.63, 3.8) is 0 Å². The maximum absolute atomic E-state index is 13.0. The Labute approximate surface area is 200 Å². The second-order valence-corrected chi connectivity index (χ2v) is 8.75. The van der Waals surface area contributed by atoms with Gasteiger partial charge in [0.25, 0.3) is 11.6 Å². The van der Waals surface area contributed by atoms with E-state index in [-0.39, 0.29) is 48.0 Å². The Morgan fingerprint density at radius 3 is 2.41 bits per heavy atom. The molecule has 2 aromatic carbocycles. The van der Waals surface area contributed by atoms with Crippen LogP contribution >= 0.6 is 11.6 Å². The zero-order valence-corrected chi connectivity index (χ0v) is 19.2. The summed E-state index contributed by atoms with van der Waals surface area (Å²) in [7, 11) is 0. The Kier molecular flexibility index (Phi) is 6.65. The minimum atomic E-state index is -0.581. The van der Waals surface area contributed by atoms with Gasteiger partial charge in [-0.2, -0.15) is 0 Å². The van der Waals surface area contributed by atoms with E-state index in [4.69, 9.17) is 11.6 Å². The number of nitrogens with zero attached hydrogens (tertiary/aromatic N) is 2. The molecule has 2 N–H and O–H groups in total. The molecule has 0 aromatic heterocycles. The van der Waals surface area contributed by atoms with Crippen LogP contribution in [0.4, 0.5) is 17.1 Å². The van der Waals surface area contributed by atoms with Crippen molar-refractivity contribution in [3.8, 4) is 0 Å². The molecule has 10 heteroatoms. The number of amides is 3. The lowest BCUT2D eigenvalue weighted by atomic mass is 9.85. The predicted molar refractivity (Wildman–Crippen MR) is 128 cm³/mol. The first-order chi connectivity index (χ1) is 16.3. The topological polar surface area (TPSA) is 122 Å². The number of likely N-dealkylation sites (tertiary alicyclic amines) is 1. The van der Waals surface area contributed by atoms with Gasteiger partial charge in [-0.05, 0) is 43.5 Å². The normalized spacial score (nSPS) is 19.2. The average Bonchev–Trinajstić information content (AvgIpc) is 3.06. The molecule has 176 valence electrons. The highest BCUT2D eigenvalue weighted by molar-refractivity contribution is 6.31. The van der Waals surface area contributed by atoms with Crippen molar-refractivity contribution >= 4 is 46.4 Å². The lowest BCUT2D eigenvalue weighted by Crippen LogP contribution is -2.35. The van der Waals surface area contributed by atoms with Crippen molar-refractivity contribution in [1.29, 1.82) is 0 Å². The summed E-state index contributed by atoms with van der Waals surface area (Å²) in [4.78, 5) is 50.3. The average molecular weight is 483 g/mol. The van der Waals surface area contributed by atoms with E-state index >= 15 is 0 Å². The molecule has 1 heterocycles. The third-order valence-corrected chi connectivity index (χ3v) is 6.39. The van der Waals surface area contributed by atoms with Crippen molar-refractivity contribution in [1.82, 2.24) is 4.90 Å². The van der Waals surface area contributed by atoms with E-state index in [0.29, 0.717) is 29.2 Å². The number of imide groups is 1. The summed E-state index contributed by atoms with van der Waals surface area (Å²) in [6.45, 7) is 2.13. The molecular weight excluding hydrogens is 460 g/mol. The predicted octanol–water partition coefficient (Wildman–Crippen LogP) is 4.17. The molecule has 0 saturated carbocycles. The number of aryl methyl sites for hydroxylation is 1. The number of allylic oxidation sites excluding steroid dienone is 2. The zero-order chi connectivity index (χ0) is 24.4. The Bertz CT molecular complexity index is 1190.